The van der Waals surface area contributed by atoms with E-state index in [2.05, 4.69) is 10.6 Å². The molecule has 0 atom stereocenters. The Morgan fingerprint density at radius 1 is 1.24 bits per heavy atom. The quantitative estimate of drug-likeness (QED) is 0.539. The Morgan fingerprint density at radius 3 is 2.52 bits per heavy atom. The lowest BCUT2D eigenvalue weighted by molar-refractivity contribution is -0.127. The van der Waals surface area contributed by atoms with Gasteiger partial charge in [0.1, 0.15) is 0 Å². The van der Waals surface area contributed by atoms with Crippen LogP contribution in [-0.4, -0.2) is 38.0 Å². The predicted octanol–water partition coefficient (Wildman–Crippen LogP) is 0.595. The number of rotatable bonds is 5. The van der Waals surface area contributed by atoms with Crippen molar-refractivity contribution in [2.45, 2.75) is 0 Å². The van der Waals surface area contributed by atoms with Crippen LogP contribution in [0.2, 0.25) is 10.0 Å². The first kappa shape index (κ1) is 17.1. The van der Waals surface area contributed by atoms with Crippen LogP contribution in [0.5, 0.6) is 0 Å². The van der Waals surface area contributed by atoms with E-state index in [-0.39, 0.29) is 33.7 Å². The molecule has 2 amide bonds. The minimum atomic E-state index is -0.841. The molecular weight excluding hydrogens is 321 g/mol. The van der Waals surface area contributed by atoms with Crippen molar-refractivity contribution in [3.05, 3.63) is 27.7 Å². The summed E-state index contributed by atoms with van der Waals surface area (Å²) in [5.41, 5.74) is 5.61. The minimum Gasteiger partial charge on any atom is -0.452 e. The van der Waals surface area contributed by atoms with E-state index >= 15 is 0 Å². The lowest BCUT2D eigenvalue weighted by Gasteiger charge is -2.09. The van der Waals surface area contributed by atoms with Gasteiger partial charge in [-0.05, 0) is 12.1 Å². The molecule has 0 saturated heterocycles. The Hall–Kier alpha value is -1.99. The van der Waals surface area contributed by atoms with Crippen molar-refractivity contribution >= 4 is 46.7 Å². The molecule has 0 aliphatic rings. The highest BCUT2D eigenvalue weighted by molar-refractivity contribution is 6.37. The summed E-state index contributed by atoms with van der Waals surface area (Å²) in [5, 5.41) is 4.91. The molecule has 0 fully saturated rings. The highest BCUT2D eigenvalue weighted by Crippen LogP contribution is 2.27. The molecule has 114 valence electrons. The zero-order chi connectivity index (χ0) is 16.0. The first-order valence-electron chi connectivity index (χ1n) is 5.74. The molecule has 0 bridgehead atoms. The van der Waals surface area contributed by atoms with Crippen molar-refractivity contribution in [2.24, 2.45) is 0 Å². The number of benzene rings is 1. The Morgan fingerprint density at radius 2 is 1.90 bits per heavy atom. The maximum atomic E-state index is 11.8. The summed E-state index contributed by atoms with van der Waals surface area (Å²) < 4.78 is 4.77. The second kappa shape index (κ2) is 7.70. The lowest BCUT2D eigenvalue weighted by Crippen LogP contribution is -2.37. The van der Waals surface area contributed by atoms with Gasteiger partial charge >= 0.3 is 5.97 Å². The van der Waals surface area contributed by atoms with Crippen LogP contribution < -0.4 is 16.4 Å². The highest BCUT2D eigenvalue weighted by atomic mass is 35.5. The zero-order valence-electron chi connectivity index (χ0n) is 11.0. The molecule has 0 saturated carbocycles. The monoisotopic (exact) mass is 333 g/mol. The number of likely N-dealkylation sites (N-methyl/N-ethyl adjacent to an activating group) is 1. The van der Waals surface area contributed by atoms with Gasteiger partial charge in [-0.2, -0.15) is 0 Å². The molecular formula is C12H13Cl2N3O4. The number of carbonyl (C=O) groups is 3. The van der Waals surface area contributed by atoms with Gasteiger partial charge in [0, 0.05) is 12.1 Å². The molecule has 0 unspecified atom stereocenters. The van der Waals surface area contributed by atoms with E-state index in [0.29, 0.717) is 0 Å². The molecule has 0 aliphatic heterocycles. The fraction of sp³-hybridized carbons (Fsp3) is 0.250. The summed E-state index contributed by atoms with van der Waals surface area (Å²) in [4.78, 5) is 34.1. The Balaban J connectivity index is 2.58. The number of hydrogen-bond acceptors (Lipinski definition) is 5. The van der Waals surface area contributed by atoms with Gasteiger partial charge in [-0.1, -0.05) is 23.2 Å². The summed E-state index contributed by atoms with van der Waals surface area (Å²) >= 11 is 11.5. The molecule has 21 heavy (non-hydrogen) atoms. The average Bonchev–Trinajstić information content (AvgIpc) is 2.45. The van der Waals surface area contributed by atoms with Crippen molar-refractivity contribution in [2.75, 3.05) is 25.9 Å². The number of hydrogen-bond donors (Lipinski definition) is 3. The van der Waals surface area contributed by atoms with Gasteiger partial charge in [0.05, 0.1) is 22.8 Å². The molecule has 0 aliphatic carbocycles. The van der Waals surface area contributed by atoms with E-state index in [9.17, 15) is 14.4 Å². The second-order valence-corrected chi connectivity index (χ2v) is 4.72. The highest BCUT2D eigenvalue weighted by Gasteiger charge is 2.16. The van der Waals surface area contributed by atoms with E-state index < -0.39 is 18.5 Å². The number of nitrogen functional groups attached to an aromatic ring is 1. The molecule has 0 heterocycles. The number of anilines is 1. The van der Waals surface area contributed by atoms with Crippen molar-refractivity contribution in [3.63, 3.8) is 0 Å². The van der Waals surface area contributed by atoms with Gasteiger partial charge in [0.25, 0.3) is 5.91 Å². The average molecular weight is 334 g/mol. The van der Waals surface area contributed by atoms with Gasteiger partial charge in [0.15, 0.2) is 6.61 Å². The van der Waals surface area contributed by atoms with Crippen molar-refractivity contribution < 1.29 is 19.1 Å². The van der Waals surface area contributed by atoms with Gasteiger partial charge in [-0.25, -0.2) is 4.79 Å². The van der Waals surface area contributed by atoms with E-state index in [0.717, 1.165) is 0 Å². The molecule has 9 heteroatoms. The SMILES string of the molecule is CNC(=O)CNC(=O)COC(=O)c1cc(Cl)cc(Cl)c1N. The standard InChI is InChI=1S/C12H13Cl2N3O4/c1-16-9(18)4-17-10(19)5-21-12(20)7-2-6(13)3-8(14)11(7)15/h2-3H,4-5,15H2,1H3,(H,16,18)(H,17,19). The van der Waals surface area contributed by atoms with Crippen LogP contribution in [0.15, 0.2) is 12.1 Å². The van der Waals surface area contributed by atoms with Gasteiger partial charge in [-0.3, -0.25) is 9.59 Å². The second-order valence-electron chi connectivity index (χ2n) is 3.87. The van der Waals surface area contributed by atoms with Crippen LogP contribution in [0.25, 0.3) is 0 Å². The van der Waals surface area contributed by atoms with Crippen LogP contribution in [-0.2, 0) is 14.3 Å². The van der Waals surface area contributed by atoms with Crippen molar-refractivity contribution in [3.8, 4) is 0 Å². The smallest absolute Gasteiger partial charge is 0.340 e. The third-order valence-corrected chi connectivity index (χ3v) is 2.90. The molecule has 1 aromatic rings. The van der Waals surface area contributed by atoms with E-state index in [1.54, 1.807) is 0 Å². The summed E-state index contributed by atoms with van der Waals surface area (Å²) in [6.45, 7) is -0.766. The molecule has 0 radical (unpaired) electrons. The number of carbonyl (C=O) groups excluding carboxylic acids is 3. The Bertz CT molecular complexity index is 578. The topological polar surface area (TPSA) is 111 Å². The van der Waals surface area contributed by atoms with Crippen LogP contribution >= 0.6 is 23.2 Å². The number of amides is 2. The number of ether oxygens (including phenoxy) is 1. The molecule has 4 N–H and O–H groups in total. The largest absolute Gasteiger partial charge is 0.452 e. The summed E-state index contributed by atoms with van der Waals surface area (Å²) in [7, 11) is 1.43. The van der Waals surface area contributed by atoms with Crippen LogP contribution in [0.1, 0.15) is 10.4 Å². The maximum absolute atomic E-state index is 11.8. The van der Waals surface area contributed by atoms with Crippen LogP contribution in [0.3, 0.4) is 0 Å². The van der Waals surface area contributed by atoms with E-state index in [1.165, 1.54) is 19.2 Å². The molecule has 1 aromatic carbocycles. The van der Waals surface area contributed by atoms with Gasteiger partial charge in [-0.15, -0.1) is 0 Å². The van der Waals surface area contributed by atoms with Crippen LogP contribution in [0.4, 0.5) is 5.69 Å². The van der Waals surface area contributed by atoms with Gasteiger partial charge < -0.3 is 21.1 Å². The Kier molecular flexibility index (Phi) is 6.26. The van der Waals surface area contributed by atoms with E-state index in [4.69, 9.17) is 33.7 Å². The Labute approximate surface area is 130 Å². The molecule has 0 spiro atoms. The lowest BCUT2D eigenvalue weighted by atomic mass is 10.2. The number of halogens is 2. The zero-order valence-corrected chi connectivity index (χ0v) is 12.5. The van der Waals surface area contributed by atoms with Crippen LogP contribution in [0, 0.1) is 0 Å². The maximum Gasteiger partial charge on any atom is 0.340 e. The number of esters is 1. The summed E-state index contributed by atoms with van der Waals surface area (Å²) in [6, 6.07) is 2.67. The van der Waals surface area contributed by atoms with Gasteiger partial charge in [0.2, 0.25) is 5.91 Å². The third-order valence-electron chi connectivity index (χ3n) is 2.37. The number of nitrogens with two attached hydrogens (primary N) is 1. The van der Waals surface area contributed by atoms with Crippen molar-refractivity contribution in [1.29, 1.82) is 0 Å². The molecule has 0 aromatic heterocycles. The first-order valence-corrected chi connectivity index (χ1v) is 6.49. The van der Waals surface area contributed by atoms with Crippen molar-refractivity contribution in [1.82, 2.24) is 10.6 Å². The molecule has 1 rings (SSSR count). The third kappa shape index (κ3) is 5.13. The fourth-order valence-corrected chi connectivity index (χ4v) is 1.77. The first-order chi connectivity index (χ1) is 9.85. The summed E-state index contributed by atoms with van der Waals surface area (Å²) in [5.74, 6) is -1.84. The minimum absolute atomic E-state index is 0.0110. The fourth-order valence-electron chi connectivity index (χ4n) is 1.28. The summed E-state index contributed by atoms with van der Waals surface area (Å²) in [6.07, 6.45) is 0. The number of nitrogens with one attached hydrogen (secondary N) is 2. The van der Waals surface area contributed by atoms with E-state index in [1.807, 2.05) is 0 Å². The normalized spacial score (nSPS) is 9.86. The molecule has 7 nitrogen and oxygen atoms in total. The predicted molar refractivity (Wildman–Crippen MR) is 78.2 cm³/mol.